The highest BCUT2D eigenvalue weighted by atomic mass is 31.1. The van der Waals surface area contributed by atoms with Crippen molar-refractivity contribution in [2.45, 2.75) is 58.2 Å². The maximum absolute atomic E-state index is 5.62. The van der Waals surface area contributed by atoms with Crippen molar-refractivity contribution in [3.8, 4) is 0 Å². The van der Waals surface area contributed by atoms with E-state index in [1.54, 1.807) is 7.11 Å². The monoisotopic (exact) mass is 382 g/mol. The van der Waals surface area contributed by atoms with E-state index in [4.69, 9.17) is 14.7 Å². The minimum absolute atomic E-state index is 0.0556. The lowest BCUT2D eigenvalue weighted by Crippen LogP contribution is -2.46. The second-order valence-corrected chi connectivity index (χ2v) is 10.4. The van der Waals surface area contributed by atoms with Gasteiger partial charge in [-0.05, 0) is 43.6 Å². The smallest absolute Gasteiger partial charge is 0.0747 e. The van der Waals surface area contributed by atoms with E-state index in [9.17, 15) is 0 Å². The molecule has 0 spiro atoms. The predicted molar refractivity (Wildman–Crippen MR) is 117 cm³/mol. The van der Waals surface area contributed by atoms with Crippen LogP contribution in [0, 0.1) is 6.92 Å². The number of benzene rings is 1. The van der Waals surface area contributed by atoms with Gasteiger partial charge in [0, 0.05) is 35.3 Å². The summed E-state index contributed by atoms with van der Waals surface area (Å²) >= 11 is 0. The fourth-order valence-electron chi connectivity index (χ4n) is 3.75. The van der Waals surface area contributed by atoms with Crippen molar-refractivity contribution in [1.82, 2.24) is 4.98 Å². The molecule has 1 aliphatic heterocycles. The number of aryl methyl sites for hydroxylation is 1. The van der Waals surface area contributed by atoms with Crippen LogP contribution < -0.4 is 5.30 Å². The molecule has 0 aliphatic carbocycles. The quantitative estimate of drug-likeness (QED) is 0.709. The highest BCUT2D eigenvalue weighted by molar-refractivity contribution is 7.49. The molecule has 0 N–H and O–H groups in total. The van der Waals surface area contributed by atoms with Gasteiger partial charge in [0.1, 0.15) is 0 Å². The summed E-state index contributed by atoms with van der Waals surface area (Å²) in [6.45, 7) is 14.0. The Bertz CT molecular complexity index is 872. The van der Waals surface area contributed by atoms with Gasteiger partial charge in [0.05, 0.1) is 17.9 Å². The summed E-state index contributed by atoms with van der Waals surface area (Å²) in [5, 5.41) is 1.30. The molecule has 1 aromatic heterocycles. The van der Waals surface area contributed by atoms with Crippen LogP contribution in [0.25, 0.3) is 0 Å². The molecule has 0 bridgehead atoms. The number of methoxy groups -OCH3 is 1. The van der Waals surface area contributed by atoms with Crippen molar-refractivity contribution in [3.63, 3.8) is 0 Å². The highest BCUT2D eigenvalue weighted by Crippen LogP contribution is 2.45. The van der Waals surface area contributed by atoms with E-state index >= 15 is 0 Å². The molecular formula is C23H31N2OP. The number of ether oxygens (including phenoxy) is 1. The minimum Gasteiger partial charge on any atom is -0.384 e. The van der Waals surface area contributed by atoms with E-state index < -0.39 is 0 Å². The average molecular weight is 382 g/mol. The number of aromatic nitrogens is 1. The van der Waals surface area contributed by atoms with Crippen LogP contribution in [-0.4, -0.2) is 35.1 Å². The number of hydrogen-bond acceptors (Lipinski definition) is 3. The van der Waals surface area contributed by atoms with Gasteiger partial charge in [-0.2, -0.15) is 0 Å². The van der Waals surface area contributed by atoms with Crippen LogP contribution in [-0.2, 0) is 4.74 Å². The Morgan fingerprint density at radius 3 is 2.48 bits per heavy atom. The molecule has 3 rings (SSSR count). The van der Waals surface area contributed by atoms with E-state index in [0.717, 1.165) is 17.0 Å². The van der Waals surface area contributed by atoms with Crippen LogP contribution in [0.5, 0.6) is 0 Å². The van der Waals surface area contributed by atoms with Crippen LogP contribution in [0.15, 0.2) is 41.5 Å². The standard InChI is InChI=1S/C23H31N2OP/c1-15(2)20-16(3)12-17(13-24-20)21-18-10-8-9-11-19(18)27-23(6,14-26-7)22(4,5)25-21/h8-13,15,27H,14H2,1-7H3. The van der Waals surface area contributed by atoms with Crippen molar-refractivity contribution < 1.29 is 4.74 Å². The van der Waals surface area contributed by atoms with Crippen LogP contribution in [0.3, 0.4) is 0 Å². The second kappa shape index (κ2) is 7.45. The third-order valence-corrected chi connectivity index (χ3v) is 7.72. The highest BCUT2D eigenvalue weighted by Gasteiger charge is 2.44. The van der Waals surface area contributed by atoms with Gasteiger partial charge in [0.15, 0.2) is 0 Å². The van der Waals surface area contributed by atoms with E-state index in [1.807, 2.05) is 6.20 Å². The molecule has 0 radical (unpaired) electrons. The Morgan fingerprint density at radius 2 is 1.85 bits per heavy atom. The maximum Gasteiger partial charge on any atom is 0.0747 e. The molecule has 1 aliphatic rings. The van der Waals surface area contributed by atoms with Gasteiger partial charge in [-0.1, -0.05) is 53.6 Å². The summed E-state index contributed by atoms with van der Waals surface area (Å²) < 4.78 is 5.62. The van der Waals surface area contributed by atoms with Crippen molar-refractivity contribution in [3.05, 3.63) is 58.9 Å². The van der Waals surface area contributed by atoms with E-state index in [2.05, 4.69) is 71.9 Å². The lowest BCUT2D eigenvalue weighted by Gasteiger charge is -2.40. The molecule has 0 fully saturated rings. The Kier molecular flexibility index (Phi) is 5.57. The maximum atomic E-state index is 5.62. The summed E-state index contributed by atoms with van der Waals surface area (Å²) in [5.41, 5.74) is 5.51. The van der Waals surface area contributed by atoms with Crippen molar-refractivity contribution in [2.24, 2.45) is 4.99 Å². The number of rotatable bonds is 4. The number of aliphatic imine (C=N–C) groups is 1. The first-order chi connectivity index (χ1) is 12.7. The Labute approximate surface area is 165 Å². The third kappa shape index (κ3) is 3.73. The SMILES string of the molecule is COCC1(C)Pc2ccccc2C(c2cnc(C(C)C)c(C)c2)=NC1(C)C. The summed E-state index contributed by atoms with van der Waals surface area (Å²) in [6.07, 6.45) is 2.00. The zero-order chi connectivity index (χ0) is 19.8. The van der Waals surface area contributed by atoms with Gasteiger partial charge in [0.2, 0.25) is 0 Å². The molecule has 2 aromatic rings. The Morgan fingerprint density at radius 1 is 1.15 bits per heavy atom. The van der Waals surface area contributed by atoms with E-state index in [0.29, 0.717) is 21.1 Å². The molecule has 2 heterocycles. The molecule has 144 valence electrons. The third-order valence-electron chi connectivity index (χ3n) is 5.71. The molecule has 4 heteroatoms. The molecule has 2 unspecified atom stereocenters. The lowest BCUT2D eigenvalue weighted by molar-refractivity contribution is 0.145. The van der Waals surface area contributed by atoms with Crippen LogP contribution in [0.4, 0.5) is 0 Å². The molecule has 2 atom stereocenters. The van der Waals surface area contributed by atoms with Crippen molar-refractivity contribution in [2.75, 3.05) is 13.7 Å². The molecule has 1 aromatic carbocycles. The zero-order valence-electron chi connectivity index (χ0n) is 17.6. The van der Waals surface area contributed by atoms with Gasteiger partial charge in [0.25, 0.3) is 0 Å². The van der Waals surface area contributed by atoms with Crippen molar-refractivity contribution in [1.29, 1.82) is 0 Å². The number of nitrogens with zero attached hydrogens (tertiary/aromatic N) is 2. The summed E-state index contributed by atoms with van der Waals surface area (Å²) in [6, 6.07) is 10.9. The second-order valence-electron chi connectivity index (χ2n) is 8.54. The first-order valence-electron chi connectivity index (χ1n) is 9.62. The van der Waals surface area contributed by atoms with E-state index in [1.165, 1.54) is 16.4 Å². The summed E-state index contributed by atoms with van der Waals surface area (Å²) in [5.74, 6) is 0.422. The molecule has 0 saturated carbocycles. The van der Waals surface area contributed by atoms with Gasteiger partial charge in [-0.15, -0.1) is 0 Å². The number of hydrogen-bond donors (Lipinski definition) is 0. The normalized spacial score (nSPS) is 22.4. The van der Waals surface area contributed by atoms with Gasteiger partial charge < -0.3 is 4.74 Å². The fourth-order valence-corrected chi connectivity index (χ4v) is 5.44. The molecule has 27 heavy (non-hydrogen) atoms. The molecular weight excluding hydrogens is 351 g/mol. The largest absolute Gasteiger partial charge is 0.384 e. The van der Waals surface area contributed by atoms with Crippen LogP contribution >= 0.6 is 8.58 Å². The lowest BCUT2D eigenvalue weighted by atomic mass is 9.88. The van der Waals surface area contributed by atoms with Crippen LogP contribution in [0.1, 0.15) is 62.9 Å². The summed E-state index contributed by atoms with van der Waals surface area (Å²) in [4.78, 5) is 10.1. The number of pyridine rings is 1. The van der Waals surface area contributed by atoms with Gasteiger partial charge in [-0.25, -0.2) is 0 Å². The van der Waals surface area contributed by atoms with E-state index in [-0.39, 0.29) is 10.7 Å². The average Bonchev–Trinajstić information content (AvgIpc) is 2.68. The summed E-state index contributed by atoms with van der Waals surface area (Å²) in [7, 11) is 2.41. The molecule has 0 amide bonds. The zero-order valence-corrected chi connectivity index (χ0v) is 18.6. The first-order valence-corrected chi connectivity index (χ1v) is 10.6. The predicted octanol–water partition coefficient (Wildman–Crippen LogP) is 4.85. The Balaban J connectivity index is 2.21. The van der Waals surface area contributed by atoms with Gasteiger partial charge in [-0.3, -0.25) is 9.98 Å². The Hall–Kier alpha value is -1.57. The molecule has 0 saturated heterocycles. The van der Waals surface area contributed by atoms with Gasteiger partial charge >= 0.3 is 0 Å². The molecule has 3 nitrogen and oxygen atoms in total. The number of fused-ring (bicyclic) bond motifs is 1. The fraction of sp³-hybridized carbons (Fsp3) is 0.478. The van der Waals surface area contributed by atoms with Crippen molar-refractivity contribution >= 4 is 19.6 Å². The van der Waals surface area contributed by atoms with Crippen LogP contribution in [0.2, 0.25) is 0 Å². The first kappa shape index (κ1) is 20.2. The topological polar surface area (TPSA) is 34.5 Å². The minimum atomic E-state index is -0.250.